The van der Waals surface area contributed by atoms with Crippen molar-refractivity contribution in [1.82, 2.24) is 15.3 Å². The molecule has 98 valence electrons. The van der Waals surface area contributed by atoms with E-state index in [-0.39, 0.29) is 0 Å². The second kappa shape index (κ2) is 5.10. The highest BCUT2D eigenvalue weighted by Gasteiger charge is 2.34. The molecule has 0 saturated carbocycles. The van der Waals surface area contributed by atoms with Crippen LogP contribution in [0.5, 0.6) is 5.88 Å². The molecule has 2 aliphatic rings. The molecule has 0 radical (unpaired) electrons. The van der Waals surface area contributed by atoms with Crippen molar-refractivity contribution in [2.24, 2.45) is 5.92 Å². The van der Waals surface area contributed by atoms with E-state index in [2.05, 4.69) is 20.2 Å². The van der Waals surface area contributed by atoms with Crippen molar-refractivity contribution in [3.05, 3.63) is 12.4 Å². The van der Waals surface area contributed by atoms with Gasteiger partial charge in [-0.05, 0) is 32.2 Å². The van der Waals surface area contributed by atoms with Crippen molar-refractivity contribution in [3.8, 4) is 5.88 Å². The molecule has 0 aromatic carbocycles. The topological polar surface area (TPSA) is 50.3 Å². The van der Waals surface area contributed by atoms with Gasteiger partial charge in [0.15, 0.2) is 5.82 Å². The molecule has 0 spiro atoms. The molecule has 2 atom stereocenters. The van der Waals surface area contributed by atoms with E-state index in [0.29, 0.717) is 18.5 Å². The maximum Gasteiger partial charge on any atom is 0.234 e. The Morgan fingerprint density at radius 1 is 1.44 bits per heavy atom. The molecule has 1 aromatic rings. The SMILES string of the molecule is CCOc1cncc(N2CC3CCCNC3C2)n1. The molecule has 0 aliphatic carbocycles. The van der Waals surface area contributed by atoms with Gasteiger partial charge in [-0.3, -0.25) is 4.98 Å². The van der Waals surface area contributed by atoms with E-state index in [1.54, 1.807) is 6.20 Å². The summed E-state index contributed by atoms with van der Waals surface area (Å²) < 4.78 is 5.41. The van der Waals surface area contributed by atoms with Gasteiger partial charge < -0.3 is 15.0 Å². The molecule has 1 aromatic heterocycles. The third-order valence-electron chi connectivity index (χ3n) is 3.82. The largest absolute Gasteiger partial charge is 0.477 e. The number of piperidine rings is 1. The number of ether oxygens (including phenoxy) is 1. The molecule has 2 fully saturated rings. The number of anilines is 1. The van der Waals surface area contributed by atoms with Crippen LogP contribution in [0.2, 0.25) is 0 Å². The summed E-state index contributed by atoms with van der Waals surface area (Å²) in [7, 11) is 0. The minimum absolute atomic E-state index is 0.622. The molecule has 1 N–H and O–H groups in total. The van der Waals surface area contributed by atoms with E-state index < -0.39 is 0 Å². The number of fused-ring (bicyclic) bond motifs is 1. The van der Waals surface area contributed by atoms with Gasteiger partial charge in [0, 0.05) is 19.1 Å². The number of aromatic nitrogens is 2. The van der Waals surface area contributed by atoms with Crippen LogP contribution >= 0.6 is 0 Å². The van der Waals surface area contributed by atoms with Crippen LogP contribution in [0, 0.1) is 5.92 Å². The number of nitrogens with one attached hydrogen (secondary N) is 1. The molecule has 2 unspecified atom stereocenters. The lowest BCUT2D eigenvalue weighted by Crippen LogP contribution is -2.40. The average Bonchev–Trinajstić information content (AvgIpc) is 2.83. The normalized spacial score (nSPS) is 27.1. The summed E-state index contributed by atoms with van der Waals surface area (Å²) in [5, 5.41) is 3.60. The first-order chi connectivity index (χ1) is 8.86. The van der Waals surface area contributed by atoms with Crippen LogP contribution in [-0.2, 0) is 0 Å². The third-order valence-corrected chi connectivity index (χ3v) is 3.82. The minimum Gasteiger partial charge on any atom is -0.477 e. The second-order valence-electron chi connectivity index (χ2n) is 5.02. The Labute approximate surface area is 108 Å². The van der Waals surface area contributed by atoms with Crippen molar-refractivity contribution in [1.29, 1.82) is 0 Å². The summed E-state index contributed by atoms with van der Waals surface area (Å²) in [4.78, 5) is 11.1. The average molecular weight is 248 g/mol. The predicted molar refractivity (Wildman–Crippen MR) is 69.9 cm³/mol. The minimum atomic E-state index is 0.622. The maximum atomic E-state index is 5.41. The second-order valence-corrected chi connectivity index (χ2v) is 5.02. The number of nitrogens with zero attached hydrogens (tertiary/aromatic N) is 3. The van der Waals surface area contributed by atoms with E-state index in [0.717, 1.165) is 31.4 Å². The molecule has 18 heavy (non-hydrogen) atoms. The molecule has 0 amide bonds. The molecule has 2 aliphatic heterocycles. The summed E-state index contributed by atoms with van der Waals surface area (Å²) in [6.07, 6.45) is 6.13. The van der Waals surface area contributed by atoms with Crippen molar-refractivity contribution >= 4 is 5.82 Å². The van der Waals surface area contributed by atoms with Crippen LogP contribution < -0.4 is 15.0 Å². The van der Waals surface area contributed by atoms with Gasteiger partial charge in [0.25, 0.3) is 0 Å². The summed E-state index contributed by atoms with van der Waals surface area (Å²) in [5.41, 5.74) is 0. The first-order valence-electron chi connectivity index (χ1n) is 6.80. The highest BCUT2D eigenvalue weighted by molar-refractivity contribution is 5.40. The van der Waals surface area contributed by atoms with Crippen LogP contribution in [0.15, 0.2) is 12.4 Å². The van der Waals surface area contributed by atoms with E-state index >= 15 is 0 Å². The van der Waals surface area contributed by atoms with Crippen LogP contribution in [0.1, 0.15) is 19.8 Å². The predicted octanol–water partition coefficient (Wildman–Crippen LogP) is 1.06. The van der Waals surface area contributed by atoms with Gasteiger partial charge in [-0.25, -0.2) is 0 Å². The summed E-state index contributed by atoms with van der Waals surface area (Å²) in [6, 6.07) is 0.622. The van der Waals surface area contributed by atoms with Gasteiger partial charge in [0.1, 0.15) is 0 Å². The molecule has 3 rings (SSSR count). The highest BCUT2D eigenvalue weighted by atomic mass is 16.5. The fraction of sp³-hybridized carbons (Fsp3) is 0.692. The number of hydrogen-bond donors (Lipinski definition) is 1. The van der Waals surface area contributed by atoms with Crippen LogP contribution in [0.25, 0.3) is 0 Å². The Hall–Kier alpha value is -1.36. The molecule has 2 saturated heterocycles. The molecular weight excluding hydrogens is 228 g/mol. The van der Waals surface area contributed by atoms with Gasteiger partial charge in [-0.2, -0.15) is 4.98 Å². The van der Waals surface area contributed by atoms with E-state index in [9.17, 15) is 0 Å². The summed E-state index contributed by atoms with van der Waals surface area (Å²) in [6.45, 7) is 5.87. The van der Waals surface area contributed by atoms with E-state index in [4.69, 9.17) is 4.74 Å². The molecule has 3 heterocycles. The summed E-state index contributed by atoms with van der Waals surface area (Å²) in [5.74, 6) is 2.33. The standard InChI is InChI=1S/C13H20N4O/c1-2-18-13-7-14-6-12(16-13)17-8-10-4-3-5-15-11(10)9-17/h6-7,10-11,15H,2-5,8-9H2,1H3. The van der Waals surface area contributed by atoms with Gasteiger partial charge >= 0.3 is 0 Å². The Morgan fingerprint density at radius 2 is 2.39 bits per heavy atom. The highest BCUT2D eigenvalue weighted by Crippen LogP contribution is 2.28. The first kappa shape index (κ1) is 11.7. The van der Waals surface area contributed by atoms with Crippen molar-refractivity contribution in [2.75, 3.05) is 31.1 Å². The zero-order valence-corrected chi connectivity index (χ0v) is 10.8. The van der Waals surface area contributed by atoms with Crippen LogP contribution in [-0.4, -0.2) is 42.3 Å². The Kier molecular flexibility index (Phi) is 3.32. The van der Waals surface area contributed by atoms with Gasteiger partial charge in [-0.1, -0.05) is 0 Å². The first-order valence-corrected chi connectivity index (χ1v) is 6.80. The van der Waals surface area contributed by atoms with E-state index in [1.807, 2.05) is 13.1 Å². The summed E-state index contributed by atoms with van der Waals surface area (Å²) >= 11 is 0. The van der Waals surface area contributed by atoms with Crippen molar-refractivity contribution in [2.45, 2.75) is 25.8 Å². The van der Waals surface area contributed by atoms with Gasteiger partial charge in [0.2, 0.25) is 5.88 Å². The quantitative estimate of drug-likeness (QED) is 0.867. The number of hydrogen-bond acceptors (Lipinski definition) is 5. The van der Waals surface area contributed by atoms with Crippen LogP contribution in [0.3, 0.4) is 0 Å². The van der Waals surface area contributed by atoms with Crippen molar-refractivity contribution in [3.63, 3.8) is 0 Å². The Bertz CT molecular complexity index is 398. The zero-order valence-electron chi connectivity index (χ0n) is 10.8. The lowest BCUT2D eigenvalue weighted by atomic mass is 9.94. The third kappa shape index (κ3) is 2.27. The maximum absolute atomic E-state index is 5.41. The lowest BCUT2D eigenvalue weighted by molar-refractivity contribution is 0.325. The smallest absolute Gasteiger partial charge is 0.234 e. The fourth-order valence-corrected chi connectivity index (χ4v) is 2.94. The van der Waals surface area contributed by atoms with E-state index in [1.165, 1.54) is 12.8 Å². The van der Waals surface area contributed by atoms with Crippen LogP contribution in [0.4, 0.5) is 5.82 Å². The molecule has 0 bridgehead atoms. The fourth-order valence-electron chi connectivity index (χ4n) is 2.94. The van der Waals surface area contributed by atoms with Gasteiger partial charge in [-0.15, -0.1) is 0 Å². The Balaban J connectivity index is 1.73. The number of rotatable bonds is 3. The molecule has 5 nitrogen and oxygen atoms in total. The van der Waals surface area contributed by atoms with Gasteiger partial charge in [0.05, 0.1) is 19.0 Å². The molecule has 5 heteroatoms. The lowest BCUT2D eigenvalue weighted by Gasteiger charge is -2.24. The zero-order chi connectivity index (χ0) is 12.4. The van der Waals surface area contributed by atoms with Crippen molar-refractivity contribution < 1.29 is 4.74 Å². The Morgan fingerprint density at radius 3 is 3.22 bits per heavy atom. The monoisotopic (exact) mass is 248 g/mol. The molecular formula is C13H20N4O.